The first kappa shape index (κ1) is 18.3. The molecule has 0 aliphatic heterocycles. The number of aliphatic hydroxyl groups excluding tert-OH is 1. The van der Waals surface area contributed by atoms with Gasteiger partial charge in [0.05, 0.1) is 30.4 Å². The molecule has 4 heteroatoms. The van der Waals surface area contributed by atoms with E-state index in [1.165, 1.54) is 11.1 Å². The molecule has 0 fully saturated rings. The summed E-state index contributed by atoms with van der Waals surface area (Å²) in [6.45, 7) is 6.32. The fraction of sp³-hybridized carbons (Fsp3) is 0.208. The first-order chi connectivity index (χ1) is 13.5. The molecule has 0 aliphatic carbocycles. The van der Waals surface area contributed by atoms with Crippen LogP contribution in [-0.2, 0) is 6.61 Å². The largest absolute Gasteiger partial charge is 0.496 e. The molecule has 0 saturated heterocycles. The van der Waals surface area contributed by atoms with Gasteiger partial charge < -0.3 is 15.2 Å². The van der Waals surface area contributed by atoms with E-state index in [0.717, 1.165) is 50.1 Å². The maximum atomic E-state index is 9.30. The Morgan fingerprint density at radius 3 is 2.11 bits per heavy atom. The smallest absolute Gasteiger partial charge is 0.123 e. The predicted octanol–water partition coefficient (Wildman–Crippen LogP) is 5.56. The Morgan fingerprint density at radius 1 is 0.857 bits per heavy atom. The van der Waals surface area contributed by atoms with Gasteiger partial charge in [-0.05, 0) is 73.4 Å². The van der Waals surface area contributed by atoms with Gasteiger partial charge in [-0.2, -0.15) is 0 Å². The van der Waals surface area contributed by atoms with Gasteiger partial charge >= 0.3 is 0 Å². The highest BCUT2D eigenvalue weighted by Gasteiger charge is 2.13. The Balaban J connectivity index is 1.99. The second-order valence-corrected chi connectivity index (χ2v) is 7.26. The number of hydrogen-bond acceptors (Lipinski definition) is 4. The molecule has 4 aromatic rings. The van der Waals surface area contributed by atoms with Crippen molar-refractivity contribution in [2.75, 3.05) is 12.4 Å². The first-order valence-corrected chi connectivity index (χ1v) is 9.36. The first-order valence-electron chi connectivity index (χ1n) is 9.36. The van der Waals surface area contributed by atoms with Crippen LogP contribution in [-0.4, -0.2) is 17.2 Å². The number of nitrogens with zero attached hydrogens (tertiary/aromatic N) is 1. The van der Waals surface area contributed by atoms with Crippen molar-refractivity contribution in [2.45, 2.75) is 27.4 Å². The second kappa shape index (κ2) is 7.13. The average molecular weight is 372 g/mol. The number of benzene rings is 3. The third-order valence-corrected chi connectivity index (χ3v) is 5.31. The molecule has 0 unspecified atom stereocenters. The summed E-state index contributed by atoms with van der Waals surface area (Å²) >= 11 is 0. The Kier molecular flexibility index (Phi) is 4.65. The summed E-state index contributed by atoms with van der Waals surface area (Å²) in [6.07, 6.45) is 0. The van der Waals surface area contributed by atoms with Crippen molar-refractivity contribution in [3.8, 4) is 5.75 Å². The quantitative estimate of drug-likeness (QED) is 0.461. The van der Waals surface area contributed by atoms with Crippen LogP contribution in [0.2, 0.25) is 0 Å². The zero-order valence-electron chi connectivity index (χ0n) is 16.6. The fourth-order valence-electron chi connectivity index (χ4n) is 3.53. The van der Waals surface area contributed by atoms with E-state index in [9.17, 15) is 5.11 Å². The zero-order chi connectivity index (χ0) is 19.8. The Labute approximate surface area is 164 Å². The lowest BCUT2D eigenvalue weighted by Gasteiger charge is -2.16. The molecule has 0 bridgehead atoms. The molecule has 1 heterocycles. The summed E-state index contributed by atoms with van der Waals surface area (Å²) in [5.74, 6) is 0.835. The van der Waals surface area contributed by atoms with E-state index in [1.54, 1.807) is 7.11 Å². The van der Waals surface area contributed by atoms with E-state index in [2.05, 4.69) is 37.4 Å². The summed E-state index contributed by atoms with van der Waals surface area (Å²) < 4.78 is 5.51. The summed E-state index contributed by atoms with van der Waals surface area (Å²) in [7, 11) is 1.69. The van der Waals surface area contributed by atoms with Gasteiger partial charge in [0.15, 0.2) is 0 Å². The lowest BCUT2D eigenvalue weighted by molar-refractivity contribution is 0.282. The highest BCUT2D eigenvalue weighted by molar-refractivity contribution is 6.09. The second-order valence-electron chi connectivity index (χ2n) is 7.26. The maximum Gasteiger partial charge on any atom is 0.123 e. The SMILES string of the molecule is COc1cc2nc3cc(C)c(C)cc3c(Nc3ccc(CO)cc3)c2cc1C. The Bertz CT molecular complexity index is 1180. The van der Waals surface area contributed by atoms with Crippen molar-refractivity contribution < 1.29 is 9.84 Å². The molecule has 1 aromatic heterocycles. The molecule has 3 aromatic carbocycles. The molecule has 0 radical (unpaired) electrons. The van der Waals surface area contributed by atoms with Gasteiger partial charge in [-0.3, -0.25) is 0 Å². The molecule has 0 aliphatic rings. The van der Waals surface area contributed by atoms with Gasteiger partial charge in [0.1, 0.15) is 5.75 Å². The van der Waals surface area contributed by atoms with Crippen LogP contribution in [0.4, 0.5) is 11.4 Å². The van der Waals surface area contributed by atoms with E-state index in [4.69, 9.17) is 9.72 Å². The number of anilines is 2. The number of ether oxygens (including phenoxy) is 1. The third kappa shape index (κ3) is 3.16. The molecule has 0 amide bonds. The fourth-order valence-corrected chi connectivity index (χ4v) is 3.53. The minimum Gasteiger partial charge on any atom is -0.496 e. The summed E-state index contributed by atoms with van der Waals surface area (Å²) in [5.41, 5.74) is 8.27. The summed E-state index contributed by atoms with van der Waals surface area (Å²) in [4.78, 5) is 4.91. The van der Waals surface area contributed by atoms with Crippen LogP contribution in [0.5, 0.6) is 5.75 Å². The number of aliphatic hydroxyl groups is 1. The van der Waals surface area contributed by atoms with Crippen LogP contribution < -0.4 is 10.1 Å². The molecular formula is C24H24N2O2. The van der Waals surface area contributed by atoms with Crippen molar-refractivity contribution >= 4 is 33.2 Å². The van der Waals surface area contributed by atoms with Crippen LogP contribution in [0.1, 0.15) is 22.3 Å². The molecule has 0 spiro atoms. The van der Waals surface area contributed by atoms with Crippen molar-refractivity contribution in [1.82, 2.24) is 4.98 Å². The molecule has 142 valence electrons. The van der Waals surface area contributed by atoms with Crippen LogP contribution in [0.15, 0.2) is 48.5 Å². The molecule has 0 atom stereocenters. The number of aromatic nitrogens is 1. The van der Waals surface area contributed by atoms with E-state index in [0.29, 0.717) is 0 Å². The van der Waals surface area contributed by atoms with Crippen LogP contribution in [0.3, 0.4) is 0 Å². The number of hydrogen-bond donors (Lipinski definition) is 2. The molecule has 2 N–H and O–H groups in total. The summed E-state index contributed by atoms with van der Waals surface area (Å²) in [5, 5.41) is 15.0. The topological polar surface area (TPSA) is 54.4 Å². The molecule has 0 saturated carbocycles. The third-order valence-electron chi connectivity index (χ3n) is 5.31. The lowest BCUT2D eigenvalue weighted by atomic mass is 10.0. The molecular weight excluding hydrogens is 348 g/mol. The van der Waals surface area contributed by atoms with Crippen LogP contribution in [0, 0.1) is 20.8 Å². The van der Waals surface area contributed by atoms with E-state index in [-0.39, 0.29) is 6.61 Å². The van der Waals surface area contributed by atoms with Gasteiger partial charge in [0.2, 0.25) is 0 Å². The van der Waals surface area contributed by atoms with E-state index in [1.807, 2.05) is 37.3 Å². The predicted molar refractivity (Wildman–Crippen MR) is 116 cm³/mol. The number of nitrogens with one attached hydrogen (secondary N) is 1. The Hall–Kier alpha value is -3.11. The highest BCUT2D eigenvalue weighted by atomic mass is 16.5. The zero-order valence-corrected chi connectivity index (χ0v) is 16.6. The minimum absolute atomic E-state index is 0.0405. The van der Waals surface area contributed by atoms with Gasteiger partial charge in [0.25, 0.3) is 0 Å². The number of fused-ring (bicyclic) bond motifs is 2. The number of rotatable bonds is 4. The number of pyridine rings is 1. The standard InChI is InChI=1S/C24H24N2O2/c1-14-9-19-21(11-15(14)2)26-22-12-23(28-4)16(3)10-20(22)24(19)25-18-7-5-17(13-27)6-8-18/h5-12,27H,13H2,1-4H3,(H,25,26). The summed E-state index contributed by atoms with van der Waals surface area (Å²) in [6, 6.07) is 16.3. The van der Waals surface area contributed by atoms with Crippen molar-refractivity contribution in [3.05, 3.63) is 70.8 Å². The lowest BCUT2D eigenvalue weighted by Crippen LogP contribution is -1.98. The van der Waals surface area contributed by atoms with Crippen molar-refractivity contribution in [1.29, 1.82) is 0 Å². The highest BCUT2D eigenvalue weighted by Crippen LogP contribution is 2.37. The van der Waals surface area contributed by atoms with Gasteiger partial charge in [-0.25, -0.2) is 4.98 Å². The van der Waals surface area contributed by atoms with Crippen LogP contribution >= 0.6 is 0 Å². The maximum absolute atomic E-state index is 9.30. The van der Waals surface area contributed by atoms with Gasteiger partial charge in [0, 0.05) is 22.5 Å². The number of aryl methyl sites for hydroxylation is 3. The average Bonchev–Trinajstić information content (AvgIpc) is 2.70. The Morgan fingerprint density at radius 2 is 1.46 bits per heavy atom. The molecule has 4 rings (SSSR count). The molecule has 28 heavy (non-hydrogen) atoms. The molecule has 4 nitrogen and oxygen atoms in total. The van der Waals surface area contributed by atoms with E-state index >= 15 is 0 Å². The van der Waals surface area contributed by atoms with Crippen LogP contribution in [0.25, 0.3) is 21.8 Å². The van der Waals surface area contributed by atoms with Crippen molar-refractivity contribution in [3.63, 3.8) is 0 Å². The van der Waals surface area contributed by atoms with Gasteiger partial charge in [-0.1, -0.05) is 12.1 Å². The van der Waals surface area contributed by atoms with Crippen molar-refractivity contribution in [2.24, 2.45) is 0 Å². The van der Waals surface area contributed by atoms with Gasteiger partial charge in [-0.15, -0.1) is 0 Å². The monoisotopic (exact) mass is 372 g/mol. The minimum atomic E-state index is 0.0405. The number of methoxy groups -OCH3 is 1. The van der Waals surface area contributed by atoms with E-state index < -0.39 is 0 Å². The normalized spacial score (nSPS) is 11.2.